The van der Waals surface area contributed by atoms with Crippen molar-refractivity contribution in [2.75, 3.05) is 5.32 Å². The van der Waals surface area contributed by atoms with Crippen LogP contribution in [0.4, 0.5) is 5.69 Å². The maximum absolute atomic E-state index is 12.5. The van der Waals surface area contributed by atoms with Crippen molar-refractivity contribution >= 4 is 50.5 Å². The summed E-state index contributed by atoms with van der Waals surface area (Å²) in [6.45, 7) is 4.07. The fraction of sp³-hybridized carbons (Fsp3) is 0. The van der Waals surface area contributed by atoms with Gasteiger partial charge in [-0.15, -0.1) is 0 Å². The Labute approximate surface area is 182 Å². The van der Waals surface area contributed by atoms with Crippen molar-refractivity contribution < 1.29 is 4.79 Å². The number of hydrogen-bond acceptors (Lipinski definition) is 4. The second-order valence-electron chi connectivity index (χ2n) is 6.09. The van der Waals surface area contributed by atoms with Crippen LogP contribution in [-0.4, -0.2) is 10.9 Å². The van der Waals surface area contributed by atoms with Crippen LogP contribution in [0.2, 0.25) is 5.02 Å². The summed E-state index contributed by atoms with van der Waals surface area (Å²) in [6, 6.07) is 16.5. The van der Waals surface area contributed by atoms with Gasteiger partial charge in [-0.3, -0.25) is 9.78 Å². The minimum Gasteiger partial charge on any atom is -0.403 e. The average Bonchev–Trinajstić information content (AvgIpc) is 2.73. The normalized spacial score (nSPS) is 11.0. The molecule has 5 nitrogen and oxygen atoms in total. The molecule has 0 aliphatic heterocycles. The third kappa shape index (κ3) is 5.25. The first-order valence-corrected chi connectivity index (χ1v) is 9.80. The largest absolute Gasteiger partial charge is 0.403 e. The van der Waals surface area contributed by atoms with Gasteiger partial charge in [0, 0.05) is 40.0 Å². The van der Waals surface area contributed by atoms with Gasteiger partial charge in [0.1, 0.15) is 0 Å². The van der Waals surface area contributed by atoms with Crippen LogP contribution < -0.4 is 16.4 Å². The zero-order valence-corrected chi connectivity index (χ0v) is 17.7. The van der Waals surface area contributed by atoms with Crippen LogP contribution in [-0.2, 0) is 0 Å². The number of carbonyl (C=O) groups excluding carboxylic acids is 1. The minimum absolute atomic E-state index is 0.280. The molecule has 3 rings (SSSR count). The third-order valence-electron chi connectivity index (χ3n) is 4.05. The monoisotopic (exact) mass is 468 g/mol. The van der Waals surface area contributed by atoms with Crippen LogP contribution in [0.3, 0.4) is 0 Å². The number of nitrogens with zero attached hydrogens (tertiary/aromatic N) is 1. The van der Waals surface area contributed by atoms with Crippen LogP contribution in [0.15, 0.2) is 84.2 Å². The molecule has 0 aliphatic rings. The summed E-state index contributed by atoms with van der Waals surface area (Å²) >= 11 is 9.67. The van der Waals surface area contributed by atoms with Crippen molar-refractivity contribution in [3.8, 4) is 0 Å². The first-order chi connectivity index (χ1) is 14.0. The van der Waals surface area contributed by atoms with Gasteiger partial charge in [0.2, 0.25) is 0 Å². The quantitative estimate of drug-likeness (QED) is 0.459. The third-order valence-corrected chi connectivity index (χ3v) is 4.82. The molecule has 2 aromatic carbocycles. The molecule has 3 aromatic rings. The van der Waals surface area contributed by atoms with Crippen LogP contribution in [0.25, 0.3) is 11.4 Å². The number of carbonyl (C=O) groups is 1. The summed E-state index contributed by atoms with van der Waals surface area (Å²) in [7, 11) is 0. The smallest absolute Gasteiger partial charge is 0.257 e. The van der Waals surface area contributed by atoms with Gasteiger partial charge in [-0.05, 0) is 45.8 Å². The van der Waals surface area contributed by atoms with E-state index in [2.05, 4.69) is 38.1 Å². The van der Waals surface area contributed by atoms with Crippen LogP contribution in [0.5, 0.6) is 0 Å². The molecule has 0 aliphatic carbocycles. The number of anilines is 1. The van der Waals surface area contributed by atoms with Gasteiger partial charge in [0.05, 0.1) is 16.3 Å². The summed E-state index contributed by atoms with van der Waals surface area (Å²) < 4.78 is 0.724. The molecule has 0 atom stereocenters. The fourth-order valence-electron chi connectivity index (χ4n) is 2.63. The number of rotatable bonds is 6. The highest BCUT2D eigenvalue weighted by Crippen LogP contribution is 2.27. The molecule has 1 aromatic heterocycles. The van der Waals surface area contributed by atoms with E-state index in [1.165, 1.54) is 12.4 Å². The summed E-state index contributed by atoms with van der Waals surface area (Å²) in [5.41, 5.74) is 9.60. The summed E-state index contributed by atoms with van der Waals surface area (Å²) in [6.07, 6.45) is 4.58. The van der Waals surface area contributed by atoms with Crippen LogP contribution >= 0.6 is 27.5 Å². The van der Waals surface area contributed by atoms with Gasteiger partial charge >= 0.3 is 0 Å². The first kappa shape index (κ1) is 20.6. The fourth-order valence-corrected chi connectivity index (χ4v) is 3.23. The molecule has 0 spiro atoms. The lowest BCUT2D eigenvalue weighted by Crippen LogP contribution is -2.14. The SMILES string of the molecule is C=C(N/C(=C\N)c1ccccc1)c1cc(NC(=O)c2cncc(Br)c2)ccc1Cl. The molecular formula is C22H18BrClN4O. The molecule has 0 unspecified atom stereocenters. The van der Waals surface area contributed by atoms with Gasteiger partial charge in [-0.25, -0.2) is 0 Å². The maximum Gasteiger partial charge on any atom is 0.257 e. The van der Waals surface area contributed by atoms with E-state index >= 15 is 0 Å². The Balaban J connectivity index is 1.79. The Morgan fingerprint density at radius 3 is 2.55 bits per heavy atom. The van der Waals surface area contributed by atoms with Gasteiger partial charge < -0.3 is 16.4 Å². The van der Waals surface area contributed by atoms with E-state index in [4.69, 9.17) is 17.3 Å². The zero-order valence-electron chi connectivity index (χ0n) is 15.3. The number of halogens is 2. The second-order valence-corrected chi connectivity index (χ2v) is 7.41. The number of pyridine rings is 1. The molecule has 0 radical (unpaired) electrons. The molecule has 1 heterocycles. The van der Waals surface area contributed by atoms with Crippen LogP contribution in [0, 0.1) is 0 Å². The lowest BCUT2D eigenvalue weighted by atomic mass is 10.1. The maximum atomic E-state index is 12.5. The predicted molar refractivity (Wildman–Crippen MR) is 122 cm³/mol. The second kappa shape index (κ2) is 9.41. The van der Waals surface area contributed by atoms with Crippen LogP contribution in [0.1, 0.15) is 21.5 Å². The molecule has 0 saturated heterocycles. The topological polar surface area (TPSA) is 80.0 Å². The van der Waals surface area contributed by atoms with Crippen molar-refractivity contribution in [2.24, 2.45) is 5.73 Å². The van der Waals surface area contributed by atoms with E-state index in [-0.39, 0.29) is 5.91 Å². The van der Waals surface area contributed by atoms with E-state index < -0.39 is 0 Å². The van der Waals surface area contributed by atoms with E-state index in [1.54, 1.807) is 30.5 Å². The van der Waals surface area contributed by atoms with E-state index in [1.807, 2.05) is 30.3 Å². The Hall–Kier alpha value is -3.09. The molecule has 0 saturated carbocycles. The molecular weight excluding hydrogens is 452 g/mol. The summed E-state index contributed by atoms with van der Waals surface area (Å²) in [5.74, 6) is -0.280. The van der Waals surface area contributed by atoms with Gasteiger partial charge in [-0.2, -0.15) is 0 Å². The molecule has 1 amide bonds. The highest BCUT2D eigenvalue weighted by Gasteiger charge is 2.12. The Morgan fingerprint density at radius 1 is 1.10 bits per heavy atom. The number of benzene rings is 2. The highest BCUT2D eigenvalue weighted by molar-refractivity contribution is 9.10. The highest BCUT2D eigenvalue weighted by atomic mass is 79.9. The lowest BCUT2D eigenvalue weighted by molar-refractivity contribution is 0.102. The Morgan fingerprint density at radius 2 is 1.86 bits per heavy atom. The standard InChI is InChI=1S/C22H18BrClN4O/c1-14(27-21(11-25)15-5-3-2-4-6-15)19-10-18(7-8-20(19)24)28-22(29)16-9-17(23)13-26-12-16/h2-13,27H,1,25H2,(H,28,29)/b21-11-. The Bertz CT molecular complexity index is 1080. The lowest BCUT2D eigenvalue weighted by Gasteiger charge is -2.16. The molecule has 0 fully saturated rings. The van der Waals surface area contributed by atoms with Gasteiger partial charge in [-0.1, -0.05) is 48.5 Å². The van der Waals surface area contributed by atoms with Crippen molar-refractivity contribution in [1.82, 2.24) is 10.3 Å². The number of hydrogen-bond donors (Lipinski definition) is 3. The predicted octanol–water partition coefficient (Wildman–Crippen LogP) is 5.27. The molecule has 0 bridgehead atoms. The van der Waals surface area contributed by atoms with E-state index in [9.17, 15) is 4.79 Å². The van der Waals surface area contributed by atoms with Crippen molar-refractivity contribution in [2.45, 2.75) is 0 Å². The number of aromatic nitrogens is 1. The number of amides is 1. The molecule has 29 heavy (non-hydrogen) atoms. The molecule has 4 N–H and O–H groups in total. The zero-order chi connectivity index (χ0) is 20.8. The number of nitrogens with one attached hydrogen (secondary N) is 2. The summed E-state index contributed by atoms with van der Waals surface area (Å²) in [4.78, 5) is 16.5. The average molecular weight is 470 g/mol. The molecule has 7 heteroatoms. The van der Waals surface area contributed by atoms with Gasteiger partial charge in [0.25, 0.3) is 5.91 Å². The van der Waals surface area contributed by atoms with Crippen molar-refractivity contribution in [1.29, 1.82) is 0 Å². The van der Waals surface area contributed by atoms with Crippen molar-refractivity contribution in [3.63, 3.8) is 0 Å². The summed E-state index contributed by atoms with van der Waals surface area (Å²) in [5, 5.41) is 6.52. The van der Waals surface area contributed by atoms with E-state index in [0.29, 0.717) is 33.2 Å². The first-order valence-electron chi connectivity index (χ1n) is 8.63. The van der Waals surface area contributed by atoms with Crippen molar-refractivity contribution in [3.05, 3.63) is 106 Å². The van der Waals surface area contributed by atoms with E-state index in [0.717, 1.165) is 10.0 Å². The number of nitrogens with two attached hydrogens (primary N) is 1. The Kier molecular flexibility index (Phi) is 6.69. The minimum atomic E-state index is -0.280. The van der Waals surface area contributed by atoms with Gasteiger partial charge in [0.15, 0.2) is 0 Å². The molecule has 146 valence electrons.